The van der Waals surface area contributed by atoms with Crippen LogP contribution >= 0.6 is 0 Å². The van der Waals surface area contributed by atoms with Crippen molar-refractivity contribution in [2.75, 3.05) is 4.90 Å². The topological polar surface area (TPSA) is 3.24 Å². The van der Waals surface area contributed by atoms with Crippen LogP contribution in [0.4, 0.5) is 17.1 Å². The molecule has 0 unspecified atom stereocenters. The molecule has 7 aromatic carbocycles. The fourth-order valence-electron chi connectivity index (χ4n) is 8.55. The second kappa shape index (κ2) is 10.9. The van der Waals surface area contributed by atoms with E-state index in [1.165, 1.54) is 72.4 Å². The van der Waals surface area contributed by atoms with Crippen molar-refractivity contribution in [3.05, 3.63) is 186 Å². The van der Waals surface area contributed by atoms with E-state index < -0.39 is 0 Å². The van der Waals surface area contributed by atoms with Crippen molar-refractivity contribution < 1.29 is 0 Å². The maximum atomic E-state index is 2.45. The van der Waals surface area contributed by atoms with Crippen molar-refractivity contribution in [3.8, 4) is 44.5 Å². The number of hydrogen-bond donors (Lipinski definition) is 0. The Kier molecular flexibility index (Phi) is 6.58. The van der Waals surface area contributed by atoms with Crippen LogP contribution in [-0.2, 0) is 10.8 Å². The predicted molar refractivity (Wildman–Crippen MR) is 207 cm³/mol. The summed E-state index contributed by atoms with van der Waals surface area (Å²) in [6.07, 6.45) is 0. The van der Waals surface area contributed by atoms with E-state index in [1.807, 2.05) is 0 Å². The van der Waals surface area contributed by atoms with E-state index in [0.29, 0.717) is 0 Å². The van der Waals surface area contributed by atoms with Gasteiger partial charge in [-0.3, -0.25) is 0 Å². The normalized spacial score (nSPS) is 14.4. The van der Waals surface area contributed by atoms with E-state index in [9.17, 15) is 0 Å². The molecule has 2 aliphatic carbocycles. The van der Waals surface area contributed by atoms with Gasteiger partial charge in [0.1, 0.15) is 0 Å². The minimum Gasteiger partial charge on any atom is -0.310 e. The Morgan fingerprint density at radius 2 is 0.816 bits per heavy atom. The summed E-state index contributed by atoms with van der Waals surface area (Å²) >= 11 is 0. The Bertz CT molecular complexity index is 2360. The molecule has 0 radical (unpaired) electrons. The van der Waals surface area contributed by atoms with Gasteiger partial charge in [-0.25, -0.2) is 0 Å². The van der Waals surface area contributed by atoms with Crippen molar-refractivity contribution in [3.63, 3.8) is 0 Å². The van der Waals surface area contributed by atoms with Gasteiger partial charge in [-0.2, -0.15) is 0 Å². The van der Waals surface area contributed by atoms with E-state index in [2.05, 4.69) is 196 Å². The van der Waals surface area contributed by atoms with E-state index in [4.69, 9.17) is 0 Å². The van der Waals surface area contributed by atoms with Crippen LogP contribution in [0.3, 0.4) is 0 Å². The predicted octanol–water partition coefficient (Wildman–Crippen LogP) is 13.1. The molecule has 0 atom stereocenters. The molecular formula is C48H39N. The molecule has 7 aromatic rings. The molecule has 0 aliphatic heterocycles. The van der Waals surface area contributed by atoms with Gasteiger partial charge in [-0.1, -0.05) is 155 Å². The van der Waals surface area contributed by atoms with E-state index in [1.54, 1.807) is 0 Å². The molecule has 0 bridgehead atoms. The number of nitrogens with zero attached hydrogens (tertiary/aromatic N) is 1. The van der Waals surface area contributed by atoms with Gasteiger partial charge in [0.15, 0.2) is 0 Å². The van der Waals surface area contributed by atoms with E-state index >= 15 is 0 Å². The van der Waals surface area contributed by atoms with Crippen LogP contribution in [0.5, 0.6) is 0 Å². The molecule has 1 nitrogen and oxygen atoms in total. The summed E-state index contributed by atoms with van der Waals surface area (Å²) in [5.41, 5.74) is 19.2. The first kappa shape index (κ1) is 29.5. The third-order valence-corrected chi connectivity index (χ3v) is 11.1. The molecule has 2 aliphatic rings. The molecule has 1 heteroatoms. The zero-order valence-electron chi connectivity index (χ0n) is 28.5. The summed E-state index contributed by atoms with van der Waals surface area (Å²) in [6.45, 7) is 9.44. The van der Waals surface area contributed by atoms with Crippen LogP contribution in [-0.4, -0.2) is 0 Å². The lowest BCUT2D eigenvalue weighted by molar-refractivity contribution is 0.660. The summed E-state index contributed by atoms with van der Waals surface area (Å²) in [5, 5.41) is 0. The van der Waals surface area contributed by atoms with Gasteiger partial charge in [0.05, 0.1) is 5.69 Å². The first-order valence-electron chi connectivity index (χ1n) is 17.4. The fourth-order valence-corrected chi connectivity index (χ4v) is 8.55. The second-order valence-electron chi connectivity index (χ2n) is 14.6. The molecule has 236 valence electrons. The van der Waals surface area contributed by atoms with Crippen LogP contribution in [0.25, 0.3) is 44.5 Å². The maximum Gasteiger partial charge on any atom is 0.0508 e. The smallest absolute Gasteiger partial charge is 0.0508 e. The van der Waals surface area contributed by atoms with Gasteiger partial charge in [-0.15, -0.1) is 0 Å². The Balaban J connectivity index is 1.16. The van der Waals surface area contributed by atoms with Gasteiger partial charge in [0, 0.05) is 22.2 Å². The Morgan fingerprint density at radius 3 is 1.47 bits per heavy atom. The van der Waals surface area contributed by atoms with Crippen LogP contribution in [0.2, 0.25) is 0 Å². The highest BCUT2D eigenvalue weighted by molar-refractivity contribution is 5.91. The van der Waals surface area contributed by atoms with Crippen molar-refractivity contribution >= 4 is 17.1 Å². The van der Waals surface area contributed by atoms with Crippen LogP contribution in [0.1, 0.15) is 49.9 Å². The zero-order valence-corrected chi connectivity index (χ0v) is 28.5. The second-order valence-corrected chi connectivity index (χ2v) is 14.6. The molecule has 0 fully saturated rings. The van der Waals surface area contributed by atoms with Gasteiger partial charge in [0.25, 0.3) is 0 Å². The quantitative estimate of drug-likeness (QED) is 0.183. The minimum atomic E-state index is -0.139. The Hall–Kier alpha value is -5.66. The molecule has 0 heterocycles. The van der Waals surface area contributed by atoms with Gasteiger partial charge in [-0.05, 0) is 103 Å². The monoisotopic (exact) mass is 629 g/mol. The Morgan fingerprint density at radius 1 is 0.347 bits per heavy atom. The molecule has 9 rings (SSSR count). The molecule has 0 N–H and O–H groups in total. The lowest BCUT2D eigenvalue weighted by Gasteiger charge is -2.32. The third kappa shape index (κ3) is 4.53. The van der Waals surface area contributed by atoms with Gasteiger partial charge in [0.2, 0.25) is 0 Å². The lowest BCUT2D eigenvalue weighted by atomic mass is 9.81. The molecule has 0 spiro atoms. The van der Waals surface area contributed by atoms with E-state index in [-0.39, 0.29) is 10.8 Å². The average Bonchev–Trinajstić information content (AvgIpc) is 3.52. The zero-order chi connectivity index (χ0) is 33.3. The molecule has 0 amide bonds. The lowest BCUT2D eigenvalue weighted by Crippen LogP contribution is -2.20. The molecule has 0 saturated heterocycles. The number of fused-ring (bicyclic) bond motifs is 6. The van der Waals surface area contributed by atoms with Crippen LogP contribution in [0, 0.1) is 0 Å². The number of hydrogen-bond acceptors (Lipinski definition) is 1. The van der Waals surface area contributed by atoms with Crippen LogP contribution < -0.4 is 4.90 Å². The van der Waals surface area contributed by atoms with Crippen molar-refractivity contribution in [2.24, 2.45) is 0 Å². The fraction of sp³-hybridized carbons (Fsp3) is 0.125. The molecule has 49 heavy (non-hydrogen) atoms. The molecule has 0 aromatic heterocycles. The number of rotatable bonds is 5. The van der Waals surface area contributed by atoms with Crippen LogP contribution in [0.15, 0.2) is 164 Å². The molecular weight excluding hydrogens is 591 g/mol. The summed E-state index contributed by atoms with van der Waals surface area (Å²) in [5.74, 6) is 0. The highest BCUT2D eigenvalue weighted by atomic mass is 15.1. The minimum absolute atomic E-state index is 0.0251. The van der Waals surface area contributed by atoms with Gasteiger partial charge < -0.3 is 4.90 Å². The van der Waals surface area contributed by atoms with Gasteiger partial charge >= 0.3 is 0 Å². The summed E-state index contributed by atoms with van der Waals surface area (Å²) in [6, 6.07) is 60.4. The standard InChI is InChI=1S/C48H39N/c1-47(2)42-18-10-8-15-38(42)40-30-25-35(31-44(40)47)34-23-28-37(29-24-34)49(36-26-21-33(22-27-36)32-13-6-5-7-14-32)45-20-12-17-41-39-16-9-11-19-43(39)48(3,4)46(41)45/h5-31H,1-4H3. The number of anilines is 3. The van der Waals surface area contributed by atoms with E-state index in [0.717, 1.165) is 11.4 Å². The molecule has 0 saturated carbocycles. The SMILES string of the molecule is CC1(C)c2ccccc2-c2ccc(-c3ccc(N(c4ccc(-c5ccccc5)cc4)c4cccc5c4C(C)(C)c4ccccc4-5)cc3)cc21. The Labute approximate surface area is 290 Å². The first-order chi connectivity index (χ1) is 23.8. The summed E-state index contributed by atoms with van der Waals surface area (Å²) in [4.78, 5) is 2.45. The third-order valence-electron chi connectivity index (χ3n) is 11.1. The highest BCUT2D eigenvalue weighted by Crippen LogP contribution is 2.54. The summed E-state index contributed by atoms with van der Waals surface area (Å²) in [7, 11) is 0. The summed E-state index contributed by atoms with van der Waals surface area (Å²) < 4.78 is 0. The maximum absolute atomic E-state index is 2.45. The highest BCUT2D eigenvalue weighted by Gasteiger charge is 2.39. The van der Waals surface area contributed by atoms with Crippen molar-refractivity contribution in [1.29, 1.82) is 0 Å². The first-order valence-corrected chi connectivity index (χ1v) is 17.4. The van der Waals surface area contributed by atoms with Crippen molar-refractivity contribution in [1.82, 2.24) is 0 Å². The number of benzene rings is 7. The van der Waals surface area contributed by atoms with Crippen molar-refractivity contribution in [2.45, 2.75) is 38.5 Å². The average molecular weight is 630 g/mol. The largest absolute Gasteiger partial charge is 0.310 e.